The highest BCUT2D eigenvalue weighted by Gasteiger charge is 1.99. The second-order valence-corrected chi connectivity index (χ2v) is 5.84. The van der Waals surface area contributed by atoms with E-state index in [1.165, 1.54) is 6.21 Å². The topological polar surface area (TPSA) is 68.7 Å². The molecule has 0 atom stereocenters. The summed E-state index contributed by atoms with van der Waals surface area (Å²) in [5.41, 5.74) is 5.47. The van der Waals surface area contributed by atoms with E-state index in [-0.39, 0.29) is 5.56 Å². The lowest BCUT2D eigenvalue weighted by Crippen LogP contribution is -2.04. The third-order valence-electron chi connectivity index (χ3n) is 4.06. The molecule has 1 aromatic heterocycles. The van der Waals surface area contributed by atoms with Crippen LogP contribution in [0.4, 0.5) is 0 Å². The monoisotopic (exact) mass is 353 g/mol. The quantitative estimate of drug-likeness (QED) is 0.495. The summed E-state index contributed by atoms with van der Waals surface area (Å²) in [5.74, 6) is 6.31. The predicted octanol–water partition coefficient (Wildman–Crippen LogP) is 3.65. The Labute approximate surface area is 158 Å². The third kappa shape index (κ3) is 4.62. The van der Waals surface area contributed by atoms with Crippen molar-refractivity contribution in [2.45, 2.75) is 0 Å². The zero-order valence-corrected chi connectivity index (χ0v) is 14.9. The zero-order chi connectivity index (χ0) is 19.1. The summed E-state index contributed by atoms with van der Waals surface area (Å²) < 4.78 is 0. The summed E-state index contributed by atoms with van der Waals surface area (Å²) in [6, 6.07) is 19.1. The smallest absolute Gasteiger partial charge is 0.248 e. The molecule has 1 heterocycles. The van der Waals surface area contributed by atoms with Crippen LogP contribution in [0.3, 0.4) is 0 Å². The van der Waals surface area contributed by atoms with Crippen LogP contribution in [0, 0.1) is 17.3 Å². The maximum Gasteiger partial charge on any atom is 0.248 e. The maximum atomic E-state index is 11.4. The highest BCUT2D eigenvalue weighted by atomic mass is 16.1. The maximum absolute atomic E-state index is 11.4. The Morgan fingerprint density at radius 3 is 2.15 bits per heavy atom. The van der Waals surface area contributed by atoms with Gasteiger partial charge in [0.15, 0.2) is 0 Å². The first kappa shape index (κ1) is 18.0. The van der Waals surface area contributed by atoms with Gasteiger partial charge in [0.1, 0.15) is 0 Å². The fourth-order valence-electron chi connectivity index (χ4n) is 2.65. The molecule has 3 aromatic rings. The SMILES string of the molecule is CN/C(=C\C=N)c1ccc(C#Cc2ccc(-c3cc[nH]c(=O)c3)cc2)cc1. The van der Waals surface area contributed by atoms with Crippen LogP contribution in [0.15, 0.2) is 77.7 Å². The molecule has 132 valence electrons. The van der Waals surface area contributed by atoms with Gasteiger partial charge in [-0.15, -0.1) is 0 Å². The van der Waals surface area contributed by atoms with Crippen LogP contribution in [-0.4, -0.2) is 18.2 Å². The summed E-state index contributed by atoms with van der Waals surface area (Å²) >= 11 is 0. The summed E-state index contributed by atoms with van der Waals surface area (Å²) in [4.78, 5) is 14.0. The molecule has 3 N–H and O–H groups in total. The number of rotatable bonds is 4. The van der Waals surface area contributed by atoms with Crippen molar-refractivity contribution >= 4 is 11.9 Å². The number of hydrogen-bond donors (Lipinski definition) is 3. The fourth-order valence-corrected chi connectivity index (χ4v) is 2.65. The van der Waals surface area contributed by atoms with Gasteiger partial charge in [-0.1, -0.05) is 36.1 Å². The number of allylic oxidation sites excluding steroid dienone is 1. The van der Waals surface area contributed by atoms with E-state index in [0.29, 0.717) is 0 Å². The lowest BCUT2D eigenvalue weighted by molar-refractivity contribution is 1.13. The zero-order valence-electron chi connectivity index (χ0n) is 14.9. The molecule has 0 aliphatic heterocycles. The number of H-pyrrole nitrogens is 1. The first-order valence-corrected chi connectivity index (χ1v) is 8.50. The minimum atomic E-state index is -0.114. The normalized spacial score (nSPS) is 10.6. The average Bonchev–Trinajstić information content (AvgIpc) is 2.71. The van der Waals surface area contributed by atoms with Gasteiger partial charge in [0.05, 0.1) is 0 Å². The van der Waals surface area contributed by atoms with Crippen molar-refractivity contribution in [2.24, 2.45) is 0 Å². The van der Waals surface area contributed by atoms with Crippen molar-refractivity contribution in [3.05, 3.63) is 100.0 Å². The molecule has 0 aliphatic rings. The van der Waals surface area contributed by atoms with Crippen LogP contribution in [0.2, 0.25) is 0 Å². The van der Waals surface area contributed by atoms with Crippen molar-refractivity contribution in [2.75, 3.05) is 7.05 Å². The number of hydrogen-bond acceptors (Lipinski definition) is 3. The Kier molecular flexibility index (Phi) is 5.66. The second kappa shape index (κ2) is 8.50. The number of benzene rings is 2. The highest BCUT2D eigenvalue weighted by molar-refractivity contribution is 5.82. The van der Waals surface area contributed by atoms with E-state index in [1.54, 1.807) is 18.3 Å². The predicted molar refractivity (Wildman–Crippen MR) is 111 cm³/mol. The van der Waals surface area contributed by atoms with E-state index < -0.39 is 0 Å². The Hall–Kier alpha value is -3.84. The van der Waals surface area contributed by atoms with E-state index in [2.05, 4.69) is 22.1 Å². The summed E-state index contributed by atoms with van der Waals surface area (Å²) in [6.07, 6.45) is 4.61. The number of nitrogens with one attached hydrogen (secondary N) is 3. The molecule has 4 nitrogen and oxygen atoms in total. The van der Waals surface area contributed by atoms with Gasteiger partial charge in [-0.2, -0.15) is 0 Å². The van der Waals surface area contributed by atoms with Gasteiger partial charge in [-0.05, 0) is 53.1 Å². The number of aromatic nitrogens is 1. The van der Waals surface area contributed by atoms with E-state index in [9.17, 15) is 4.79 Å². The van der Waals surface area contributed by atoms with Crippen molar-refractivity contribution in [1.29, 1.82) is 5.41 Å². The van der Waals surface area contributed by atoms with E-state index in [1.807, 2.05) is 61.6 Å². The lowest BCUT2D eigenvalue weighted by Gasteiger charge is -2.05. The lowest BCUT2D eigenvalue weighted by atomic mass is 10.0. The minimum absolute atomic E-state index is 0.114. The number of pyridine rings is 1. The number of aromatic amines is 1. The van der Waals surface area contributed by atoms with Crippen molar-refractivity contribution in [3.8, 4) is 23.0 Å². The molecule has 0 amide bonds. The average molecular weight is 353 g/mol. The fraction of sp³-hybridized carbons (Fsp3) is 0.0435. The third-order valence-corrected chi connectivity index (χ3v) is 4.06. The summed E-state index contributed by atoms with van der Waals surface area (Å²) in [7, 11) is 1.83. The van der Waals surface area contributed by atoms with E-state index in [4.69, 9.17) is 5.41 Å². The Morgan fingerprint density at radius 1 is 0.963 bits per heavy atom. The molecule has 27 heavy (non-hydrogen) atoms. The Balaban J connectivity index is 1.77. The standard InChI is InChI=1S/C23H19N3O/c1-25-22(12-14-24)20-10-6-18(7-11-20)3-2-17-4-8-19(9-5-17)21-13-15-26-23(27)16-21/h4-16,24-25H,1H3,(H,26,27)/b22-12-,24-14?. The molecule has 0 radical (unpaired) electrons. The van der Waals surface area contributed by atoms with Crippen molar-refractivity contribution in [3.63, 3.8) is 0 Å². The summed E-state index contributed by atoms with van der Waals surface area (Å²) in [5, 5.41) is 10.3. The molecule has 0 fully saturated rings. The molecule has 0 spiro atoms. The van der Waals surface area contributed by atoms with Crippen LogP contribution in [0.1, 0.15) is 16.7 Å². The first-order valence-electron chi connectivity index (χ1n) is 8.50. The molecular formula is C23H19N3O. The molecule has 4 heteroatoms. The molecule has 0 unspecified atom stereocenters. The molecular weight excluding hydrogens is 334 g/mol. The van der Waals surface area contributed by atoms with Gasteiger partial charge >= 0.3 is 0 Å². The van der Waals surface area contributed by atoms with Crippen LogP contribution < -0.4 is 10.9 Å². The van der Waals surface area contributed by atoms with E-state index >= 15 is 0 Å². The van der Waals surface area contributed by atoms with Gasteiger partial charge in [0.25, 0.3) is 0 Å². The molecule has 0 bridgehead atoms. The molecule has 0 saturated heterocycles. The Morgan fingerprint density at radius 2 is 1.59 bits per heavy atom. The molecule has 0 aliphatic carbocycles. The van der Waals surface area contributed by atoms with Gasteiger partial charge < -0.3 is 15.7 Å². The van der Waals surface area contributed by atoms with Crippen molar-refractivity contribution < 1.29 is 0 Å². The van der Waals surface area contributed by atoms with Crippen LogP contribution in [-0.2, 0) is 0 Å². The summed E-state index contributed by atoms with van der Waals surface area (Å²) in [6.45, 7) is 0. The largest absolute Gasteiger partial charge is 0.388 e. The Bertz CT molecular complexity index is 1080. The van der Waals surface area contributed by atoms with Crippen LogP contribution in [0.25, 0.3) is 16.8 Å². The molecule has 2 aromatic carbocycles. The van der Waals surface area contributed by atoms with Gasteiger partial charge in [0, 0.05) is 42.3 Å². The van der Waals surface area contributed by atoms with Crippen LogP contribution in [0.5, 0.6) is 0 Å². The highest BCUT2D eigenvalue weighted by Crippen LogP contribution is 2.17. The minimum Gasteiger partial charge on any atom is -0.388 e. The first-order chi connectivity index (χ1) is 13.2. The van der Waals surface area contributed by atoms with Gasteiger partial charge in [0.2, 0.25) is 5.56 Å². The van der Waals surface area contributed by atoms with E-state index in [0.717, 1.165) is 33.5 Å². The van der Waals surface area contributed by atoms with Crippen molar-refractivity contribution in [1.82, 2.24) is 10.3 Å². The molecule has 3 rings (SSSR count). The van der Waals surface area contributed by atoms with Gasteiger partial charge in [-0.3, -0.25) is 4.79 Å². The van der Waals surface area contributed by atoms with Crippen LogP contribution >= 0.6 is 0 Å². The molecule has 0 saturated carbocycles. The van der Waals surface area contributed by atoms with Gasteiger partial charge in [-0.25, -0.2) is 0 Å². The second-order valence-electron chi connectivity index (χ2n) is 5.84.